The molecule has 13 rings (SSSR count). The standard InChI is InChI=1S/C60H39N3OS2/c1-5-17-40(18-6-1)61(45-29-32-49-48-25-14-16-28-56(48)65-58(49)38-45)44-31-34-57-52(35-44)50-33-30-46(39-59(50)66-57)62(41-19-7-2-8-20-41)47-36-53(60-51-26-13-15-27-54(51)64-55(60)37-47)63(42-21-9-3-10-22-42)43-23-11-4-12-24-43/h1-39H. The van der Waals surface area contributed by atoms with Gasteiger partial charge in [-0.05, 0) is 109 Å². The average Bonchev–Trinajstić information content (AvgIpc) is 4.06. The molecule has 0 N–H and O–H groups in total. The molecular formula is C60H39N3OS2. The zero-order chi connectivity index (χ0) is 43.6. The van der Waals surface area contributed by atoms with Crippen LogP contribution in [-0.4, -0.2) is 0 Å². The van der Waals surface area contributed by atoms with Crippen LogP contribution in [0, 0.1) is 0 Å². The molecule has 0 aliphatic carbocycles. The third kappa shape index (κ3) is 6.49. The Morgan fingerprint density at radius 1 is 0.258 bits per heavy atom. The summed E-state index contributed by atoms with van der Waals surface area (Å²) in [5.74, 6) is 0. The first kappa shape index (κ1) is 38.3. The number of hydrogen-bond acceptors (Lipinski definition) is 6. The van der Waals surface area contributed by atoms with E-state index < -0.39 is 0 Å². The second kappa shape index (κ2) is 15.8. The third-order valence-electron chi connectivity index (χ3n) is 12.6. The van der Waals surface area contributed by atoms with Crippen molar-refractivity contribution in [2.45, 2.75) is 0 Å². The van der Waals surface area contributed by atoms with Gasteiger partial charge in [0.2, 0.25) is 0 Å². The highest BCUT2D eigenvalue weighted by Crippen LogP contribution is 2.49. The van der Waals surface area contributed by atoms with Gasteiger partial charge < -0.3 is 19.1 Å². The maximum atomic E-state index is 6.76. The summed E-state index contributed by atoms with van der Waals surface area (Å²) in [5.41, 5.74) is 11.4. The van der Waals surface area contributed by atoms with Gasteiger partial charge in [0.25, 0.3) is 0 Å². The maximum absolute atomic E-state index is 6.76. The van der Waals surface area contributed by atoms with Crippen molar-refractivity contribution in [3.8, 4) is 0 Å². The van der Waals surface area contributed by atoms with E-state index in [1.807, 2.05) is 28.7 Å². The summed E-state index contributed by atoms with van der Waals surface area (Å²) in [6, 6.07) is 85.0. The van der Waals surface area contributed by atoms with Gasteiger partial charge >= 0.3 is 0 Å². The molecule has 66 heavy (non-hydrogen) atoms. The predicted octanol–water partition coefficient (Wildman–Crippen LogP) is 18.7. The topological polar surface area (TPSA) is 22.9 Å². The summed E-state index contributed by atoms with van der Waals surface area (Å²) >= 11 is 3.69. The molecule has 3 aromatic heterocycles. The van der Waals surface area contributed by atoms with E-state index in [-0.39, 0.29) is 0 Å². The normalized spacial score (nSPS) is 11.6. The van der Waals surface area contributed by atoms with E-state index in [1.54, 1.807) is 0 Å². The van der Waals surface area contributed by atoms with E-state index in [0.29, 0.717) is 0 Å². The van der Waals surface area contributed by atoms with E-state index in [9.17, 15) is 0 Å². The van der Waals surface area contributed by atoms with Crippen molar-refractivity contribution in [3.05, 3.63) is 237 Å². The minimum Gasteiger partial charge on any atom is -0.456 e. The fourth-order valence-corrected chi connectivity index (χ4v) is 11.9. The Balaban J connectivity index is 0.973. The van der Waals surface area contributed by atoms with Crippen LogP contribution in [0.3, 0.4) is 0 Å². The molecule has 0 fully saturated rings. The number of nitrogens with zero attached hydrogens (tertiary/aromatic N) is 3. The Morgan fingerprint density at radius 2 is 0.697 bits per heavy atom. The molecule has 0 amide bonds. The Hall–Kier alpha value is -8.16. The molecule has 3 heterocycles. The molecule has 0 bridgehead atoms. The summed E-state index contributed by atoms with van der Waals surface area (Å²) in [7, 11) is 0. The summed E-state index contributed by atoms with van der Waals surface area (Å²) in [4.78, 5) is 7.10. The largest absolute Gasteiger partial charge is 0.456 e. The van der Waals surface area contributed by atoms with E-state index in [4.69, 9.17) is 4.42 Å². The van der Waals surface area contributed by atoms with Crippen molar-refractivity contribution >= 4 is 136 Å². The van der Waals surface area contributed by atoms with Crippen molar-refractivity contribution in [1.82, 2.24) is 0 Å². The number of benzene rings is 10. The molecule has 10 aromatic carbocycles. The van der Waals surface area contributed by atoms with E-state index >= 15 is 0 Å². The zero-order valence-electron chi connectivity index (χ0n) is 35.6. The van der Waals surface area contributed by atoms with Crippen LogP contribution in [0.25, 0.3) is 62.3 Å². The first-order valence-corrected chi connectivity index (χ1v) is 23.8. The Labute approximate surface area is 389 Å². The van der Waals surface area contributed by atoms with E-state index in [0.717, 1.165) is 73.1 Å². The van der Waals surface area contributed by atoms with Crippen LogP contribution in [-0.2, 0) is 0 Å². The number of fused-ring (bicyclic) bond motifs is 9. The predicted molar refractivity (Wildman–Crippen MR) is 284 cm³/mol. The number of rotatable bonds is 9. The molecule has 0 saturated heterocycles. The molecule has 0 saturated carbocycles. The summed E-state index contributed by atoms with van der Waals surface area (Å²) in [6.45, 7) is 0. The van der Waals surface area contributed by atoms with Crippen molar-refractivity contribution < 1.29 is 4.42 Å². The Morgan fingerprint density at radius 3 is 1.30 bits per heavy atom. The van der Waals surface area contributed by atoms with Gasteiger partial charge in [-0.3, -0.25) is 0 Å². The van der Waals surface area contributed by atoms with Crippen molar-refractivity contribution in [1.29, 1.82) is 0 Å². The van der Waals surface area contributed by atoms with Crippen LogP contribution in [0.5, 0.6) is 0 Å². The molecular weight excluding hydrogens is 843 g/mol. The summed E-state index contributed by atoms with van der Waals surface area (Å²) < 4.78 is 11.8. The van der Waals surface area contributed by atoms with E-state index in [2.05, 4.69) is 245 Å². The number of para-hydroxylation sites is 5. The lowest BCUT2D eigenvalue weighted by molar-refractivity contribution is 0.669. The lowest BCUT2D eigenvalue weighted by Crippen LogP contribution is -2.13. The van der Waals surface area contributed by atoms with Crippen LogP contribution in [0.2, 0.25) is 0 Å². The molecule has 0 spiro atoms. The van der Waals surface area contributed by atoms with Gasteiger partial charge in [-0.25, -0.2) is 0 Å². The van der Waals surface area contributed by atoms with Gasteiger partial charge in [0, 0.05) is 91.6 Å². The second-order valence-corrected chi connectivity index (χ2v) is 18.7. The number of hydrogen-bond donors (Lipinski definition) is 0. The van der Waals surface area contributed by atoms with Crippen molar-refractivity contribution in [3.63, 3.8) is 0 Å². The fourth-order valence-electron chi connectivity index (χ4n) is 9.64. The van der Waals surface area contributed by atoms with Crippen molar-refractivity contribution in [2.75, 3.05) is 14.7 Å². The lowest BCUT2D eigenvalue weighted by Gasteiger charge is -2.30. The monoisotopic (exact) mass is 881 g/mol. The van der Waals surface area contributed by atoms with Crippen LogP contribution >= 0.6 is 22.7 Å². The smallest absolute Gasteiger partial charge is 0.139 e. The summed E-state index contributed by atoms with van der Waals surface area (Å²) in [6.07, 6.45) is 0. The highest BCUT2D eigenvalue weighted by atomic mass is 32.1. The lowest BCUT2D eigenvalue weighted by atomic mass is 10.1. The molecule has 0 aliphatic rings. The minimum absolute atomic E-state index is 0.825. The van der Waals surface area contributed by atoms with Gasteiger partial charge in [0.15, 0.2) is 0 Å². The summed E-state index contributed by atoms with van der Waals surface area (Å²) in [5, 5.41) is 7.22. The van der Waals surface area contributed by atoms with Crippen LogP contribution in [0.15, 0.2) is 241 Å². The zero-order valence-corrected chi connectivity index (χ0v) is 37.2. The number of thiophene rings is 2. The number of anilines is 9. The third-order valence-corrected chi connectivity index (χ3v) is 14.8. The Bertz CT molecular complexity index is 3860. The van der Waals surface area contributed by atoms with Crippen LogP contribution in [0.4, 0.5) is 51.2 Å². The second-order valence-electron chi connectivity index (χ2n) is 16.5. The average molecular weight is 882 g/mol. The molecule has 0 radical (unpaired) electrons. The SMILES string of the molecule is c1ccc(N(c2cc(N(c3ccccc3)c3ccccc3)c3c(c2)oc2ccccc23)c2ccc3c(c2)sc2ccc(N(c4ccccc4)c4ccc5c(c4)sc4ccccc45)cc23)cc1. The van der Waals surface area contributed by atoms with Crippen molar-refractivity contribution in [2.24, 2.45) is 0 Å². The minimum atomic E-state index is 0.825. The van der Waals surface area contributed by atoms with Crippen LogP contribution in [0.1, 0.15) is 0 Å². The van der Waals surface area contributed by atoms with Gasteiger partial charge in [0.05, 0.1) is 16.8 Å². The Kier molecular flexibility index (Phi) is 9.18. The molecule has 4 nitrogen and oxygen atoms in total. The first-order valence-electron chi connectivity index (χ1n) is 22.2. The molecule has 13 aromatic rings. The molecule has 0 atom stereocenters. The molecule has 0 aliphatic heterocycles. The van der Waals surface area contributed by atoms with Gasteiger partial charge in [0.1, 0.15) is 11.2 Å². The van der Waals surface area contributed by atoms with Gasteiger partial charge in [-0.2, -0.15) is 0 Å². The fraction of sp³-hybridized carbons (Fsp3) is 0. The van der Waals surface area contributed by atoms with Gasteiger partial charge in [-0.15, -0.1) is 22.7 Å². The molecule has 0 unspecified atom stereocenters. The first-order chi connectivity index (χ1) is 32.7. The molecule has 312 valence electrons. The van der Waals surface area contributed by atoms with Gasteiger partial charge in [-0.1, -0.05) is 121 Å². The van der Waals surface area contributed by atoms with E-state index in [1.165, 1.54) is 40.3 Å². The highest BCUT2D eigenvalue weighted by Gasteiger charge is 2.24. The number of furan rings is 1. The maximum Gasteiger partial charge on any atom is 0.139 e. The molecule has 6 heteroatoms. The highest BCUT2D eigenvalue weighted by molar-refractivity contribution is 7.26. The van der Waals surface area contributed by atoms with Crippen LogP contribution < -0.4 is 14.7 Å². The quantitative estimate of drug-likeness (QED) is 0.144.